The predicted octanol–water partition coefficient (Wildman–Crippen LogP) is 1.03. The zero-order valence-corrected chi connectivity index (χ0v) is 11.6. The van der Waals surface area contributed by atoms with Crippen LogP contribution in [0.4, 0.5) is 15.8 Å². The minimum atomic E-state index is -0.851. The van der Waals surface area contributed by atoms with Gasteiger partial charge < -0.3 is 14.5 Å². The molecule has 1 fully saturated rings. The number of benzene rings is 1. The minimum absolute atomic E-state index is 0.0140. The SMILES string of the molecule is COCC(=O)N1CCN(c2cccc(F)c2[N+](=O)[O-])CC1. The van der Waals surface area contributed by atoms with Gasteiger partial charge in [0.15, 0.2) is 0 Å². The summed E-state index contributed by atoms with van der Waals surface area (Å²) in [6.07, 6.45) is 0. The van der Waals surface area contributed by atoms with Crippen LogP contribution < -0.4 is 4.90 Å². The number of nitro groups is 1. The lowest BCUT2D eigenvalue weighted by Crippen LogP contribution is -2.49. The highest BCUT2D eigenvalue weighted by molar-refractivity contribution is 5.78. The first-order chi connectivity index (χ1) is 10.0. The summed E-state index contributed by atoms with van der Waals surface area (Å²) in [6.45, 7) is 1.70. The van der Waals surface area contributed by atoms with Crippen LogP contribution in [0.3, 0.4) is 0 Å². The van der Waals surface area contributed by atoms with Crippen LogP contribution in [0.15, 0.2) is 18.2 Å². The largest absolute Gasteiger partial charge is 0.375 e. The zero-order valence-electron chi connectivity index (χ0n) is 11.6. The first-order valence-corrected chi connectivity index (χ1v) is 6.49. The number of para-hydroxylation sites is 1. The predicted molar refractivity (Wildman–Crippen MR) is 73.7 cm³/mol. The highest BCUT2D eigenvalue weighted by Crippen LogP contribution is 2.31. The molecule has 1 aromatic carbocycles. The molecule has 0 aliphatic carbocycles. The van der Waals surface area contributed by atoms with E-state index in [4.69, 9.17) is 4.74 Å². The maximum atomic E-state index is 13.6. The summed E-state index contributed by atoms with van der Waals surface area (Å²) in [7, 11) is 1.45. The monoisotopic (exact) mass is 297 g/mol. The number of rotatable bonds is 4. The van der Waals surface area contributed by atoms with Gasteiger partial charge in [0, 0.05) is 33.3 Å². The topological polar surface area (TPSA) is 75.9 Å². The summed E-state index contributed by atoms with van der Waals surface area (Å²) in [5, 5.41) is 11.0. The quantitative estimate of drug-likeness (QED) is 0.613. The number of methoxy groups -OCH3 is 1. The Hall–Kier alpha value is -2.22. The molecule has 0 radical (unpaired) electrons. The van der Waals surface area contributed by atoms with Crippen LogP contribution in [0.5, 0.6) is 0 Å². The average Bonchev–Trinajstić information content (AvgIpc) is 2.47. The second-order valence-electron chi connectivity index (χ2n) is 4.67. The molecule has 0 saturated carbocycles. The lowest BCUT2D eigenvalue weighted by molar-refractivity contribution is -0.386. The van der Waals surface area contributed by atoms with E-state index in [1.54, 1.807) is 9.80 Å². The van der Waals surface area contributed by atoms with Crippen LogP contribution in [0, 0.1) is 15.9 Å². The number of piperazine rings is 1. The van der Waals surface area contributed by atoms with Crippen molar-refractivity contribution in [2.24, 2.45) is 0 Å². The standard InChI is InChI=1S/C13H16FN3O4/c1-21-9-12(18)16-7-5-15(6-8-16)11-4-2-3-10(14)13(11)17(19)20/h2-4H,5-9H2,1H3. The molecule has 7 nitrogen and oxygen atoms in total. The van der Waals surface area contributed by atoms with E-state index in [-0.39, 0.29) is 18.2 Å². The molecule has 0 spiro atoms. The van der Waals surface area contributed by atoms with Crippen LogP contribution in [0.25, 0.3) is 0 Å². The Morgan fingerprint density at radius 3 is 2.62 bits per heavy atom. The highest BCUT2D eigenvalue weighted by Gasteiger charge is 2.27. The van der Waals surface area contributed by atoms with Crippen LogP contribution in [-0.2, 0) is 9.53 Å². The third-order valence-corrected chi connectivity index (χ3v) is 3.39. The fourth-order valence-corrected chi connectivity index (χ4v) is 2.35. The molecule has 1 heterocycles. The van der Waals surface area contributed by atoms with E-state index < -0.39 is 16.4 Å². The molecule has 1 amide bonds. The van der Waals surface area contributed by atoms with Gasteiger partial charge >= 0.3 is 5.69 Å². The zero-order chi connectivity index (χ0) is 15.4. The average molecular weight is 297 g/mol. The number of carbonyl (C=O) groups is 1. The normalized spacial score (nSPS) is 15.1. The van der Waals surface area contributed by atoms with Crippen molar-refractivity contribution in [1.29, 1.82) is 0 Å². The fourth-order valence-electron chi connectivity index (χ4n) is 2.35. The maximum absolute atomic E-state index is 13.6. The number of ether oxygens (including phenoxy) is 1. The van der Waals surface area contributed by atoms with Gasteiger partial charge in [0.2, 0.25) is 11.7 Å². The van der Waals surface area contributed by atoms with Crippen molar-refractivity contribution in [3.05, 3.63) is 34.1 Å². The first-order valence-electron chi connectivity index (χ1n) is 6.49. The molecule has 114 valence electrons. The molecule has 8 heteroatoms. The molecule has 1 aliphatic heterocycles. The summed E-state index contributed by atoms with van der Waals surface area (Å²) in [5.74, 6) is -0.971. The van der Waals surface area contributed by atoms with Gasteiger partial charge in [-0.1, -0.05) is 6.07 Å². The summed E-state index contributed by atoms with van der Waals surface area (Å²) in [5.41, 5.74) is -0.270. The van der Waals surface area contributed by atoms with Crippen LogP contribution in [0.1, 0.15) is 0 Å². The second kappa shape index (κ2) is 6.49. The number of carbonyl (C=O) groups excluding carboxylic acids is 1. The van der Waals surface area contributed by atoms with Crippen molar-refractivity contribution in [3.8, 4) is 0 Å². The van der Waals surface area contributed by atoms with Crippen molar-refractivity contribution >= 4 is 17.3 Å². The van der Waals surface area contributed by atoms with Gasteiger partial charge in [-0.3, -0.25) is 14.9 Å². The van der Waals surface area contributed by atoms with Gasteiger partial charge in [-0.15, -0.1) is 0 Å². The van der Waals surface area contributed by atoms with E-state index in [1.807, 2.05) is 0 Å². The number of anilines is 1. The molecule has 2 rings (SSSR count). The molecule has 0 bridgehead atoms. The van der Waals surface area contributed by atoms with Crippen molar-refractivity contribution in [2.45, 2.75) is 0 Å². The number of hydrogen-bond acceptors (Lipinski definition) is 5. The Kier molecular flexibility index (Phi) is 4.69. The summed E-state index contributed by atoms with van der Waals surface area (Å²) < 4.78 is 18.4. The number of nitro benzene ring substituents is 1. The smallest absolute Gasteiger partial charge is 0.327 e. The Balaban J connectivity index is 2.11. The van der Waals surface area contributed by atoms with E-state index in [2.05, 4.69) is 0 Å². The lowest BCUT2D eigenvalue weighted by atomic mass is 10.2. The lowest BCUT2D eigenvalue weighted by Gasteiger charge is -2.35. The number of halogens is 1. The minimum Gasteiger partial charge on any atom is -0.375 e. The Bertz CT molecular complexity index is 544. The molecule has 0 N–H and O–H groups in total. The number of hydrogen-bond donors (Lipinski definition) is 0. The van der Waals surface area contributed by atoms with E-state index in [9.17, 15) is 19.3 Å². The van der Waals surface area contributed by atoms with Gasteiger partial charge in [0.05, 0.1) is 4.92 Å². The van der Waals surface area contributed by atoms with Crippen molar-refractivity contribution in [1.82, 2.24) is 4.90 Å². The number of amides is 1. The van der Waals surface area contributed by atoms with Crippen molar-refractivity contribution in [2.75, 3.05) is 44.8 Å². The second-order valence-corrected chi connectivity index (χ2v) is 4.67. The Morgan fingerprint density at radius 2 is 2.05 bits per heavy atom. The summed E-state index contributed by atoms with van der Waals surface area (Å²) in [4.78, 5) is 25.3. The Morgan fingerprint density at radius 1 is 1.38 bits per heavy atom. The maximum Gasteiger partial charge on any atom is 0.327 e. The number of nitrogens with zero attached hydrogens (tertiary/aromatic N) is 3. The molecular formula is C13H16FN3O4. The van der Waals surface area contributed by atoms with E-state index in [0.717, 1.165) is 6.07 Å². The van der Waals surface area contributed by atoms with Gasteiger partial charge in [0.25, 0.3) is 0 Å². The summed E-state index contributed by atoms with van der Waals surface area (Å²) in [6, 6.07) is 4.04. The van der Waals surface area contributed by atoms with Crippen molar-refractivity contribution in [3.63, 3.8) is 0 Å². The van der Waals surface area contributed by atoms with Gasteiger partial charge in [-0.05, 0) is 12.1 Å². The molecule has 1 aliphatic rings. The Labute approximate surface area is 121 Å². The molecular weight excluding hydrogens is 281 g/mol. The van der Waals surface area contributed by atoms with E-state index in [0.29, 0.717) is 26.2 Å². The van der Waals surface area contributed by atoms with Gasteiger partial charge in [0.1, 0.15) is 12.3 Å². The molecule has 0 atom stereocenters. The third-order valence-electron chi connectivity index (χ3n) is 3.39. The van der Waals surface area contributed by atoms with Crippen LogP contribution in [-0.4, -0.2) is 55.6 Å². The molecule has 0 aromatic heterocycles. The van der Waals surface area contributed by atoms with Gasteiger partial charge in [-0.25, -0.2) is 0 Å². The molecule has 1 aromatic rings. The van der Waals surface area contributed by atoms with Crippen molar-refractivity contribution < 1.29 is 18.8 Å². The van der Waals surface area contributed by atoms with Crippen LogP contribution >= 0.6 is 0 Å². The van der Waals surface area contributed by atoms with E-state index in [1.165, 1.54) is 19.2 Å². The van der Waals surface area contributed by atoms with Crippen LogP contribution in [0.2, 0.25) is 0 Å². The van der Waals surface area contributed by atoms with Gasteiger partial charge in [-0.2, -0.15) is 4.39 Å². The first kappa shape index (κ1) is 15.2. The molecule has 21 heavy (non-hydrogen) atoms. The third kappa shape index (κ3) is 3.27. The molecule has 0 unspecified atom stereocenters. The fraction of sp³-hybridized carbons (Fsp3) is 0.462. The van der Waals surface area contributed by atoms with E-state index >= 15 is 0 Å². The summed E-state index contributed by atoms with van der Waals surface area (Å²) >= 11 is 0. The highest BCUT2D eigenvalue weighted by atomic mass is 19.1. The molecule has 1 saturated heterocycles.